The average Bonchev–Trinajstić information content (AvgIpc) is 2.78. The van der Waals surface area contributed by atoms with E-state index >= 15 is 0 Å². The van der Waals surface area contributed by atoms with Gasteiger partial charge in [-0.05, 0) is 49.1 Å². The van der Waals surface area contributed by atoms with Gasteiger partial charge in [0.25, 0.3) is 0 Å². The Morgan fingerprint density at radius 2 is 1.77 bits per heavy atom. The van der Waals surface area contributed by atoms with Crippen LogP contribution in [0.25, 0.3) is 0 Å². The number of rotatable bonds is 8. The molecule has 30 heavy (non-hydrogen) atoms. The molecule has 0 unspecified atom stereocenters. The van der Waals surface area contributed by atoms with Crippen LogP contribution in [0.4, 0.5) is 0 Å². The lowest BCUT2D eigenvalue weighted by atomic mass is 9.94. The number of piperidine rings is 1. The van der Waals surface area contributed by atoms with Crippen LogP contribution in [0.1, 0.15) is 24.8 Å². The molecule has 1 aliphatic rings. The molecule has 1 aliphatic heterocycles. The molecule has 0 bridgehead atoms. The van der Waals surface area contributed by atoms with Gasteiger partial charge < -0.3 is 14.8 Å². The third-order valence-electron chi connectivity index (χ3n) is 5.39. The first-order chi connectivity index (χ1) is 14.4. The van der Waals surface area contributed by atoms with E-state index in [2.05, 4.69) is 5.32 Å². The summed E-state index contributed by atoms with van der Waals surface area (Å²) in [5.41, 5.74) is 0.842. The van der Waals surface area contributed by atoms with Crippen LogP contribution in [-0.2, 0) is 21.4 Å². The summed E-state index contributed by atoms with van der Waals surface area (Å²) < 4.78 is 37.5. The van der Waals surface area contributed by atoms with Gasteiger partial charge in [0.1, 0.15) is 11.5 Å². The van der Waals surface area contributed by atoms with Crippen molar-refractivity contribution in [3.8, 4) is 11.5 Å². The van der Waals surface area contributed by atoms with Gasteiger partial charge in [0.15, 0.2) is 0 Å². The van der Waals surface area contributed by atoms with Crippen LogP contribution >= 0.6 is 0 Å². The van der Waals surface area contributed by atoms with Crippen LogP contribution in [0.5, 0.6) is 11.5 Å². The maximum atomic E-state index is 12.7. The quantitative estimate of drug-likeness (QED) is 0.693. The number of carbonyl (C=O) groups is 1. The van der Waals surface area contributed by atoms with Gasteiger partial charge in [-0.15, -0.1) is 0 Å². The molecule has 3 rings (SSSR count). The van der Waals surface area contributed by atoms with E-state index in [4.69, 9.17) is 9.47 Å². The van der Waals surface area contributed by atoms with Crippen molar-refractivity contribution in [2.75, 3.05) is 27.3 Å². The SMILES string of the molecule is COc1ccc(OC)c(CNC(=O)CC2CCN(S(=O)(=O)c3ccccc3)CC2)c1. The lowest BCUT2D eigenvalue weighted by molar-refractivity contribution is -0.122. The molecule has 1 amide bonds. The van der Waals surface area contributed by atoms with Gasteiger partial charge in [0, 0.05) is 31.6 Å². The molecule has 1 saturated heterocycles. The Morgan fingerprint density at radius 3 is 2.40 bits per heavy atom. The van der Waals surface area contributed by atoms with Crippen molar-refractivity contribution in [2.45, 2.75) is 30.7 Å². The van der Waals surface area contributed by atoms with Crippen LogP contribution in [0.15, 0.2) is 53.4 Å². The highest BCUT2D eigenvalue weighted by Gasteiger charge is 2.30. The molecular formula is C22H28N2O5S. The zero-order valence-electron chi connectivity index (χ0n) is 17.3. The second-order valence-corrected chi connectivity index (χ2v) is 9.26. The van der Waals surface area contributed by atoms with E-state index in [1.807, 2.05) is 12.1 Å². The predicted molar refractivity (Wildman–Crippen MR) is 114 cm³/mol. The zero-order chi connectivity index (χ0) is 21.6. The van der Waals surface area contributed by atoms with Crippen molar-refractivity contribution in [1.29, 1.82) is 0 Å². The summed E-state index contributed by atoms with van der Waals surface area (Å²) in [6.45, 7) is 1.21. The highest BCUT2D eigenvalue weighted by molar-refractivity contribution is 7.89. The number of ether oxygens (including phenoxy) is 2. The lowest BCUT2D eigenvalue weighted by Gasteiger charge is -2.31. The normalized spacial score (nSPS) is 15.5. The molecule has 0 aliphatic carbocycles. The van der Waals surface area contributed by atoms with Crippen molar-refractivity contribution in [3.63, 3.8) is 0 Å². The maximum absolute atomic E-state index is 12.7. The lowest BCUT2D eigenvalue weighted by Crippen LogP contribution is -2.39. The fourth-order valence-electron chi connectivity index (χ4n) is 3.64. The van der Waals surface area contributed by atoms with Crippen molar-refractivity contribution in [2.24, 2.45) is 5.92 Å². The van der Waals surface area contributed by atoms with Crippen molar-refractivity contribution in [3.05, 3.63) is 54.1 Å². The first-order valence-electron chi connectivity index (χ1n) is 9.97. The van der Waals surface area contributed by atoms with E-state index in [1.165, 1.54) is 4.31 Å². The summed E-state index contributed by atoms with van der Waals surface area (Å²) in [5, 5.41) is 2.93. The standard InChI is InChI=1S/C22H28N2O5S/c1-28-19-8-9-21(29-2)18(15-19)16-23-22(25)14-17-10-12-24(13-11-17)30(26,27)20-6-4-3-5-7-20/h3-9,15,17H,10-14,16H2,1-2H3,(H,23,25). The molecule has 1 heterocycles. The zero-order valence-corrected chi connectivity index (χ0v) is 18.2. The summed E-state index contributed by atoms with van der Waals surface area (Å²) in [4.78, 5) is 12.7. The number of benzene rings is 2. The van der Waals surface area contributed by atoms with E-state index in [-0.39, 0.29) is 11.8 Å². The van der Waals surface area contributed by atoms with E-state index < -0.39 is 10.0 Å². The molecule has 2 aromatic rings. The molecule has 0 aromatic heterocycles. The fraction of sp³-hybridized carbons (Fsp3) is 0.409. The van der Waals surface area contributed by atoms with Crippen LogP contribution < -0.4 is 14.8 Å². The van der Waals surface area contributed by atoms with Crippen LogP contribution in [0.3, 0.4) is 0 Å². The summed E-state index contributed by atoms with van der Waals surface area (Å²) >= 11 is 0. The van der Waals surface area contributed by atoms with Gasteiger partial charge in [-0.3, -0.25) is 4.79 Å². The summed E-state index contributed by atoms with van der Waals surface area (Å²) in [6, 6.07) is 13.9. The summed E-state index contributed by atoms with van der Waals surface area (Å²) in [5.74, 6) is 1.51. The first-order valence-corrected chi connectivity index (χ1v) is 11.4. The molecule has 0 radical (unpaired) electrons. The Bertz CT molecular complexity index is 955. The largest absolute Gasteiger partial charge is 0.497 e. The van der Waals surface area contributed by atoms with Gasteiger partial charge in [-0.2, -0.15) is 4.31 Å². The minimum absolute atomic E-state index is 0.0516. The third-order valence-corrected chi connectivity index (χ3v) is 7.30. The van der Waals surface area contributed by atoms with E-state index in [0.717, 1.165) is 5.56 Å². The first kappa shape index (κ1) is 22.1. The van der Waals surface area contributed by atoms with Crippen LogP contribution in [-0.4, -0.2) is 45.9 Å². The van der Waals surface area contributed by atoms with Crippen molar-refractivity contribution >= 4 is 15.9 Å². The van der Waals surface area contributed by atoms with Gasteiger partial charge in [-0.25, -0.2) is 8.42 Å². The summed E-state index contributed by atoms with van der Waals surface area (Å²) in [7, 11) is -0.288. The molecule has 162 valence electrons. The smallest absolute Gasteiger partial charge is 0.243 e. The summed E-state index contributed by atoms with van der Waals surface area (Å²) in [6.07, 6.45) is 1.72. The molecular weight excluding hydrogens is 404 g/mol. The van der Waals surface area contributed by atoms with E-state index in [9.17, 15) is 13.2 Å². The van der Waals surface area contributed by atoms with Gasteiger partial charge in [-0.1, -0.05) is 18.2 Å². The number of sulfonamides is 1. The second-order valence-electron chi connectivity index (χ2n) is 7.32. The number of hydrogen-bond donors (Lipinski definition) is 1. The molecule has 0 atom stereocenters. The number of nitrogens with zero attached hydrogens (tertiary/aromatic N) is 1. The minimum atomic E-state index is -3.47. The Balaban J connectivity index is 1.50. The van der Waals surface area contributed by atoms with Crippen molar-refractivity contribution in [1.82, 2.24) is 9.62 Å². The van der Waals surface area contributed by atoms with Gasteiger partial charge >= 0.3 is 0 Å². The number of hydrogen-bond acceptors (Lipinski definition) is 5. The molecule has 2 aromatic carbocycles. The molecule has 1 N–H and O–H groups in total. The average molecular weight is 433 g/mol. The number of nitrogens with one attached hydrogen (secondary N) is 1. The Hall–Kier alpha value is -2.58. The molecule has 7 nitrogen and oxygen atoms in total. The van der Waals surface area contributed by atoms with Gasteiger partial charge in [0.2, 0.25) is 15.9 Å². The minimum Gasteiger partial charge on any atom is -0.497 e. The Morgan fingerprint density at radius 1 is 1.07 bits per heavy atom. The topological polar surface area (TPSA) is 84.9 Å². The maximum Gasteiger partial charge on any atom is 0.243 e. The Labute approximate surface area is 178 Å². The second kappa shape index (κ2) is 9.95. The van der Waals surface area contributed by atoms with Gasteiger partial charge in [0.05, 0.1) is 19.1 Å². The van der Waals surface area contributed by atoms with Crippen LogP contribution in [0, 0.1) is 5.92 Å². The highest BCUT2D eigenvalue weighted by atomic mass is 32.2. The Kier molecular flexibility index (Phi) is 7.33. The van der Waals surface area contributed by atoms with E-state index in [0.29, 0.717) is 55.3 Å². The monoisotopic (exact) mass is 432 g/mol. The molecule has 0 saturated carbocycles. The molecule has 8 heteroatoms. The fourth-order valence-corrected chi connectivity index (χ4v) is 5.13. The van der Waals surface area contributed by atoms with Crippen LogP contribution in [0.2, 0.25) is 0 Å². The molecule has 0 spiro atoms. The number of carbonyl (C=O) groups excluding carboxylic acids is 1. The number of amides is 1. The van der Waals surface area contributed by atoms with Crippen molar-refractivity contribution < 1.29 is 22.7 Å². The molecule has 1 fully saturated rings. The number of methoxy groups -OCH3 is 2. The predicted octanol–water partition coefficient (Wildman–Crippen LogP) is 2.81. The third kappa shape index (κ3) is 5.31. The highest BCUT2D eigenvalue weighted by Crippen LogP contribution is 2.26. The van der Waals surface area contributed by atoms with E-state index in [1.54, 1.807) is 50.6 Å².